The van der Waals surface area contributed by atoms with Gasteiger partial charge in [0.25, 0.3) is 0 Å². The molecule has 3 nitrogen and oxygen atoms in total. The average molecular weight is 315 g/mol. The standard InChI is InChI=1S/C17H34N2OS/c1-13(2)16(20)19-9-7-15(8-10-19)12-18-14(3)11-17(4,5)21-6/h13-15,18H,7-12H2,1-6H3/t14-/m1/s1. The third-order valence-electron chi connectivity index (χ3n) is 4.53. The van der Waals surface area contributed by atoms with E-state index in [9.17, 15) is 4.79 Å². The molecule has 0 spiro atoms. The lowest BCUT2D eigenvalue weighted by Gasteiger charge is -2.34. The smallest absolute Gasteiger partial charge is 0.225 e. The lowest BCUT2D eigenvalue weighted by atomic mass is 9.95. The van der Waals surface area contributed by atoms with Gasteiger partial charge in [0, 0.05) is 29.8 Å². The van der Waals surface area contributed by atoms with Crippen LogP contribution in [0.15, 0.2) is 0 Å². The van der Waals surface area contributed by atoms with Crippen LogP contribution >= 0.6 is 11.8 Å². The highest BCUT2D eigenvalue weighted by atomic mass is 32.2. The van der Waals surface area contributed by atoms with Crippen molar-refractivity contribution < 1.29 is 4.79 Å². The van der Waals surface area contributed by atoms with Gasteiger partial charge in [-0.15, -0.1) is 0 Å². The molecule has 1 fully saturated rings. The van der Waals surface area contributed by atoms with Gasteiger partial charge in [0.05, 0.1) is 0 Å². The summed E-state index contributed by atoms with van der Waals surface area (Å²) in [7, 11) is 0. The molecule has 1 saturated heterocycles. The first-order chi connectivity index (χ1) is 9.75. The number of likely N-dealkylation sites (tertiary alicyclic amines) is 1. The van der Waals surface area contributed by atoms with E-state index < -0.39 is 0 Å². The van der Waals surface area contributed by atoms with Gasteiger partial charge in [0.15, 0.2) is 0 Å². The fourth-order valence-corrected chi connectivity index (χ4v) is 3.40. The lowest BCUT2D eigenvalue weighted by molar-refractivity contribution is -0.135. The van der Waals surface area contributed by atoms with E-state index in [0.717, 1.165) is 38.4 Å². The highest BCUT2D eigenvalue weighted by molar-refractivity contribution is 7.99. The van der Waals surface area contributed by atoms with Crippen LogP contribution in [0.25, 0.3) is 0 Å². The molecule has 1 aliphatic rings. The minimum atomic E-state index is 0.133. The molecule has 0 aromatic carbocycles. The topological polar surface area (TPSA) is 32.3 Å². The summed E-state index contributed by atoms with van der Waals surface area (Å²) in [6.07, 6.45) is 5.67. The van der Waals surface area contributed by atoms with E-state index in [-0.39, 0.29) is 5.92 Å². The van der Waals surface area contributed by atoms with Crippen LogP contribution < -0.4 is 5.32 Å². The van der Waals surface area contributed by atoms with Crippen molar-refractivity contribution in [3.05, 3.63) is 0 Å². The third-order valence-corrected chi connectivity index (χ3v) is 5.80. The summed E-state index contributed by atoms with van der Waals surface area (Å²) in [5, 5.41) is 3.69. The second kappa shape index (κ2) is 8.42. The largest absolute Gasteiger partial charge is 0.342 e. The second-order valence-electron chi connectivity index (χ2n) is 7.40. The number of carbonyl (C=O) groups is 1. The molecular weight excluding hydrogens is 280 g/mol. The Bertz CT molecular complexity index is 323. The van der Waals surface area contributed by atoms with Crippen molar-refractivity contribution in [2.24, 2.45) is 11.8 Å². The Morgan fingerprint density at radius 2 is 1.86 bits per heavy atom. The third kappa shape index (κ3) is 6.60. The fraction of sp³-hybridized carbons (Fsp3) is 0.941. The molecule has 1 N–H and O–H groups in total. The Morgan fingerprint density at radius 1 is 1.29 bits per heavy atom. The van der Waals surface area contributed by atoms with Crippen LogP contribution in [0.2, 0.25) is 0 Å². The molecule has 1 aliphatic heterocycles. The van der Waals surface area contributed by atoms with E-state index in [0.29, 0.717) is 16.7 Å². The summed E-state index contributed by atoms with van der Waals surface area (Å²) < 4.78 is 0.347. The van der Waals surface area contributed by atoms with Crippen molar-refractivity contribution in [3.8, 4) is 0 Å². The zero-order valence-electron chi connectivity index (χ0n) is 14.7. The van der Waals surface area contributed by atoms with Crippen molar-refractivity contribution in [2.45, 2.75) is 64.7 Å². The number of hydrogen-bond acceptors (Lipinski definition) is 3. The van der Waals surface area contributed by atoms with Crippen LogP contribution in [-0.4, -0.2) is 47.5 Å². The Morgan fingerprint density at radius 3 is 2.33 bits per heavy atom. The number of piperidine rings is 1. The number of amides is 1. The molecule has 21 heavy (non-hydrogen) atoms. The summed E-state index contributed by atoms with van der Waals surface area (Å²) in [6, 6.07) is 0.558. The average Bonchev–Trinajstić information content (AvgIpc) is 2.44. The molecule has 1 atom stereocenters. The normalized spacial score (nSPS) is 19.1. The first-order valence-electron chi connectivity index (χ1n) is 8.32. The zero-order valence-corrected chi connectivity index (χ0v) is 15.6. The number of nitrogens with one attached hydrogen (secondary N) is 1. The van der Waals surface area contributed by atoms with E-state index >= 15 is 0 Å². The molecule has 0 aliphatic carbocycles. The Hall–Kier alpha value is -0.220. The maximum absolute atomic E-state index is 12.0. The van der Waals surface area contributed by atoms with Gasteiger partial charge < -0.3 is 10.2 Å². The fourth-order valence-electron chi connectivity index (χ4n) is 2.98. The van der Waals surface area contributed by atoms with Crippen LogP contribution in [0.4, 0.5) is 0 Å². The van der Waals surface area contributed by atoms with Gasteiger partial charge in [-0.2, -0.15) is 11.8 Å². The van der Waals surface area contributed by atoms with Gasteiger partial charge in [-0.1, -0.05) is 27.7 Å². The van der Waals surface area contributed by atoms with E-state index in [1.807, 2.05) is 30.5 Å². The van der Waals surface area contributed by atoms with Crippen LogP contribution in [0.5, 0.6) is 0 Å². The van der Waals surface area contributed by atoms with Gasteiger partial charge in [0.2, 0.25) is 5.91 Å². The molecule has 0 saturated carbocycles. The van der Waals surface area contributed by atoms with Gasteiger partial charge >= 0.3 is 0 Å². The van der Waals surface area contributed by atoms with Gasteiger partial charge in [0.1, 0.15) is 0 Å². The van der Waals surface area contributed by atoms with E-state index in [1.54, 1.807) is 0 Å². The molecule has 1 rings (SSSR count). The molecule has 0 aromatic rings. The van der Waals surface area contributed by atoms with Crippen molar-refractivity contribution in [2.75, 3.05) is 25.9 Å². The number of hydrogen-bond donors (Lipinski definition) is 1. The van der Waals surface area contributed by atoms with E-state index in [4.69, 9.17) is 0 Å². The Labute approximate surface area is 135 Å². The van der Waals surface area contributed by atoms with E-state index in [2.05, 4.69) is 32.3 Å². The van der Waals surface area contributed by atoms with Crippen LogP contribution in [0, 0.1) is 11.8 Å². The first-order valence-corrected chi connectivity index (χ1v) is 9.55. The minimum Gasteiger partial charge on any atom is -0.342 e. The molecule has 0 unspecified atom stereocenters. The number of nitrogens with zero attached hydrogens (tertiary/aromatic N) is 1. The SMILES string of the molecule is CSC(C)(C)C[C@@H](C)NCC1CCN(C(=O)C(C)C)CC1. The van der Waals surface area contributed by atoms with E-state index in [1.165, 1.54) is 6.42 Å². The molecule has 1 amide bonds. The first kappa shape index (κ1) is 18.8. The molecular formula is C17H34N2OS. The Kier molecular flexibility index (Phi) is 7.55. The van der Waals surface area contributed by atoms with Crippen LogP contribution in [0.3, 0.4) is 0 Å². The van der Waals surface area contributed by atoms with Crippen molar-refractivity contribution in [1.82, 2.24) is 10.2 Å². The van der Waals surface area contributed by atoms with Crippen molar-refractivity contribution in [1.29, 1.82) is 0 Å². The maximum Gasteiger partial charge on any atom is 0.225 e. The quantitative estimate of drug-likeness (QED) is 0.782. The molecule has 1 heterocycles. The molecule has 124 valence electrons. The minimum absolute atomic E-state index is 0.133. The summed E-state index contributed by atoms with van der Waals surface area (Å²) in [5.41, 5.74) is 0. The van der Waals surface area contributed by atoms with Crippen molar-refractivity contribution in [3.63, 3.8) is 0 Å². The second-order valence-corrected chi connectivity index (χ2v) is 8.91. The highest BCUT2D eigenvalue weighted by Gasteiger charge is 2.25. The van der Waals surface area contributed by atoms with Gasteiger partial charge in [-0.3, -0.25) is 4.79 Å². The highest BCUT2D eigenvalue weighted by Crippen LogP contribution is 2.27. The summed E-state index contributed by atoms with van der Waals surface area (Å²) >= 11 is 1.94. The van der Waals surface area contributed by atoms with Gasteiger partial charge in [-0.05, 0) is 44.9 Å². The molecule has 0 radical (unpaired) electrons. The summed E-state index contributed by atoms with van der Waals surface area (Å²) in [4.78, 5) is 14.0. The van der Waals surface area contributed by atoms with Crippen LogP contribution in [0.1, 0.15) is 53.9 Å². The summed E-state index contributed by atoms with van der Waals surface area (Å²) in [5.74, 6) is 1.17. The number of rotatable bonds is 7. The molecule has 0 bridgehead atoms. The zero-order chi connectivity index (χ0) is 16.0. The monoisotopic (exact) mass is 314 g/mol. The lowest BCUT2D eigenvalue weighted by Crippen LogP contribution is -2.43. The predicted molar refractivity (Wildman–Crippen MR) is 93.8 cm³/mol. The number of carbonyl (C=O) groups excluding carboxylic acids is 1. The number of thioether (sulfide) groups is 1. The van der Waals surface area contributed by atoms with Crippen LogP contribution in [-0.2, 0) is 4.79 Å². The summed E-state index contributed by atoms with van der Waals surface area (Å²) in [6.45, 7) is 13.9. The van der Waals surface area contributed by atoms with Crippen molar-refractivity contribution >= 4 is 17.7 Å². The molecule has 0 aromatic heterocycles. The molecule has 4 heteroatoms. The predicted octanol–water partition coefficient (Wildman–Crippen LogP) is 3.39. The maximum atomic E-state index is 12.0. The van der Waals surface area contributed by atoms with Gasteiger partial charge in [-0.25, -0.2) is 0 Å². The Balaban J connectivity index is 2.26.